The van der Waals surface area contributed by atoms with Crippen LogP contribution in [0.25, 0.3) is 0 Å². The van der Waals surface area contributed by atoms with Crippen molar-refractivity contribution in [1.29, 1.82) is 0 Å². The van der Waals surface area contributed by atoms with Crippen molar-refractivity contribution < 1.29 is 26.4 Å². The first kappa shape index (κ1) is 11.0. The highest BCUT2D eigenvalue weighted by Crippen LogP contribution is 2.39. The van der Waals surface area contributed by atoms with Gasteiger partial charge in [-0.15, -0.1) is 0 Å². The first-order valence-electron chi connectivity index (χ1n) is 6.47. The molecule has 0 aromatic carbocycles. The highest BCUT2D eigenvalue weighted by molar-refractivity contribution is 7.98. The third-order valence-electron chi connectivity index (χ3n) is 2.60. The molecule has 2 rings (SSSR count). The summed E-state index contributed by atoms with van der Waals surface area (Å²) < 4.78 is 43.5. The molecule has 100 valence electrons. The van der Waals surface area contributed by atoms with E-state index in [1.54, 1.807) is 20.1 Å². The Kier molecular flexibility index (Phi) is 3.51. The Bertz CT molecular complexity index is 328. The Morgan fingerprint density at radius 1 is 1.41 bits per heavy atom. The summed E-state index contributed by atoms with van der Waals surface area (Å²) in [5.74, 6) is -0.749. The van der Waals surface area contributed by atoms with Gasteiger partial charge >= 0.3 is 0 Å². The molecule has 0 aromatic rings. The summed E-state index contributed by atoms with van der Waals surface area (Å²) in [5.41, 5.74) is -1.58. The number of hydrogen-bond acceptors (Lipinski definition) is 6. The quantitative estimate of drug-likeness (QED) is 0.699. The lowest BCUT2D eigenvalue weighted by Crippen LogP contribution is -2.38. The molecule has 2 aliphatic rings. The minimum Gasteiger partial charge on any atom is -0.359 e. The lowest BCUT2D eigenvalue weighted by Gasteiger charge is -2.25. The topological polar surface area (TPSA) is 46.2 Å². The van der Waals surface area contributed by atoms with Crippen LogP contribution in [-0.4, -0.2) is 56.3 Å². The smallest absolute Gasteiger partial charge is 0.190 e. The van der Waals surface area contributed by atoms with E-state index in [-0.39, 0.29) is 6.79 Å². The lowest BCUT2D eigenvalue weighted by atomic mass is 10.1. The maximum atomic E-state index is 7.99. The maximum Gasteiger partial charge on any atom is 0.190 e. The zero-order chi connectivity index (χ0) is 14.3. The predicted octanol–water partition coefficient (Wildman–Crippen LogP) is 1.21. The molecule has 0 aliphatic carbocycles. The van der Waals surface area contributed by atoms with Gasteiger partial charge in [0.05, 0.1) is 6.10 Å². The van der Waals surface area contributed by atoms with E-state index in [0.717, 1.165) is 11.8 Å². The van der Waals surface area contributed by atoms with Crippen LogP contribution in [0.15, 0.2) is 0 Å². The molecule has 0 unspecified atom stereocenters. The number of ether oxygens (including phenoxy) is 5. The van der Waals surface area contributed by atoms with Crippen molar-refractivity contribution in [2.24, 2.45) is 0 Å². The summed E-state index contributed by atoms with van der Waals surface area (Å²) in [4.78, 5) is 0. The summed E-state index contributed by atoms with van der Waals surface area (Å²) in [6.45, 7) is 3.64. The molecule has 0 spiro atoms. The van der Waals surface area contributed by atoms with Crippen LogP contribution in [0.5, 0.6) is 0 Å². The Labute approximate surface area is 109 Å². The third-order valence-corrected chi connectivity index (χ3v) is 3.07. The molecule has 2 fully saturated rings. The molecule has 4 atom stereocenters. The standard InChI is InChI=1S/C11H20O5S/c1-11(2)15-9-8(13-6-12-3)7(5-17-4)14-10(9)16-11/h7-10H,5-6H2,1-4H3/t7-,8-,9-,10-/m1/s1/i5T2. The molecular formula is C11H20O5S. The van der Waals surface area contributed by atoms with Crippen LogP contribution >= 0.6 is 11.8 Å². The van der Waals surface area contributed by atoms with Gasteiger partial charge in [-0.3, -0.25) is 0 Å². The van der Waals surface area contributed by atoms with E-state index in [1.807, 2.05) is 0 Å². The highest BCUT2D eigenvalue weighted by atomic mass is 32.2. The second kappa shape index (κ2) is 5.42. The molecule has 0 radical (unpaired) electrons. The van der Waals surface area contributed by atoms with Gasteiger partial charge in [-0.1, -0.05) is 0 Å². The monoisotopic (exact) mass is 268 g/mol. The fraction of sp³-hybridized carbons (Fsp3) is 1.00. The number of fused-ring (bicyclic) bond motifs is 1. The van der Waals surface area contributed by atoms with Crippen molar-refractivity contribution in [1.82, 2.24) is 0 Å². The fourth-order valence-corrected chi connectivity index (χ4v) is 2.44. The molecule has 0 aromatic heterocycles. The molecule has 6 heteroatoms. The molecule has 2 aliphatic heterocycles. The van der Waals surface area contributed by atoms with Crippen molar-refractivity contribution in [2.45, 2.75) is 44.2 Å². The Morgan fingerprint density at radius 3 is 2.82 bits per heavy atom. The summed E-state index contributed by atoms with van der Waals surface area (Å²) >= 11 is 1.08. The third kappa shape index (κ3) is 2.94. The van der Waals surface area contributed by atoms with Gasteiger partial charge in [0.1, 0.15) is 19.0 Å². The molecule has 2 saturated heterocycles. The average Bonchev–Trinajstić information content (AvgIpc) is 2.79. The van der Waals surface area contributed by atoms with Crippen LogP contribution in [0.1, 0.15) is 16.6 Å². The summed E-state index contributed by atoms with van der Waals surface area (Å²) in [5, 5.41) is 0. The first-order chi connectivity index (χ1) is 8.80. The maximum absolute atomic E-state index is 7.99. The normalized spacial score (nSPS) is 42.1. The number of methoxy groups -OCH3 is 1. The van der Waals surface area contributed by atoms with E-state index in [4.69, 9.17) is 26.4 Å². The van der Waals surface area contributed by atoms with Gasteiger partial charge in [0, 0.05) is 15.6 Å². The minimum atomic E-state index is -1.58. The molecular weight excluding hydrogens is 244 g/mol. The second-order valence-corrected chi connectivity index (χ2v) is 5.03. The van der Waals surface area contributed by atoms with Crippen LogP contribution in [0.2, 0.25) is 0 Å². The number of hydrogen-bond donors (Lipinski definition) is 0. The molecule has 0 saturated carbocycles. The summed E-state index contributed by atoms with van der Waals surface area (Å²) in [7, 11) is 1.52. The Morgan fingerprint density at radius 2 is 2.18 bits per heavy atom. The molecule has 0 amide bonds. The van der Waals surface area contributed by atoms with E-state index in [9.17, 15) is 0 Å². The van der Waals surface area contributed by atoms with Crippen molar-refractivity contribution in [3.05, 3.63) is 0 Å². The number of rotatable bonds is 5. The van der Waals surface area contributed by atoms with E-state index >= 15 is 0 Å². The minimum absolute atomic E-state index is 0.0575. The van der Waals surface area contributed by atoms with E-state index in [2.05, 4.69) is 0 Å². The van der Waals surface area contributed by atoms with Crippen LogP contribution in [0.3, 0.4) is 0 Å². The van der Waals surface area contributed by atoms with Crippen molar-refractivity contribution in [2.75, 3.05) is 25.9 Å². The van der Waals surface area contributed by atoms with Gasteiger partial charge in [0.25, 0.3) is 0 Å². The predicted molar refractivity (Wildman–Crippen MR) is 63.8 cm³/mol. The van der Waals surface area contributed by atoms with Gasteiger partial charge in [-0.05, 0) is 20.1 Å². The van der Waals surface area contributed by atoms with Crippen molar-refractivity contribution in [3.63, 3.8) is 0 Å². The molecule has 17 heavy (non-hydrogen) atoms. The van der Waals surface area contributed by atoms with Crippen molar-refractivity contribution in [3.8, 4) is 0 Å². The first-order valence-corrected chi connectivity index (χ1v) is 6.70. The van der Waals surface area contributed by atoms with E-state index in [1.165, 1.54) is 7.11 Å². The van der Waals surface area contributed by atoms with Gasteiger partial charge < -0.3 is 23.7 Å². The second-order valence-electron chi connectivity index (χ2n) is 4.39. The van der Waals surface area contributed by atoms with Crippen LogP contribution < -0.4 is 0 Å². The Balaban J connectivity index is 2.14. The fourth-order valence-electron chi connectivity index (χ4n) is 2.02. The van der Waals surface area contributed by atoms with Gasteiger partial charge in [-0.25, -0.2) is 0 Å². The highest BCUT2D eigenvalue weighted by Gasteiger charge is 2.55. The van der Waals surface area contributed by atoms with Crippen LogP contribution in [0.4, 0.5) is 0 Å². The van der Waals surface area contributed by atoms with Crippen molar-refractivity contribution >= 4 is 11.8 Å². The molecule has 0 bridgehead atoms. The van der Waals surface area contributed by atoms with E-state index < -0.39 is 36.1 Å². The molecule has 0 N–H and O–H groups in total. The lowest BCUT2D eigenvalue weighted by molar-refractivity contribution is -0.220. The molecule has 2 heterocycles. The van der Waals surface area contributed by atoms with Gasteiger partial charge in [-0.2, -0.15) is 11.8 Å². The van der Waals surface area contributed by atoms with Gasteiger partial charge in [0.2, 0.25) is 0 Å². The van der Waals surface area contributed by atoms with E-state index in [0.29, 0.717) is 0 Å². The zero-order valence-electron chi connectivity index (χ0n) is 12.5. The average molecular weight is 268 g/mol. The van der Waals surface area contributed by atoms with Gasteiger partial charge in [0.15, 0.2) is 12.1 Å². The molecule has 5 nitrogen and oxygen atoms in total. The number of thioether (sulfide) groups is 1. The zero-order valence-corrected chi connectivity index (χ0v) is 11.3. The van der Waals surface area contributed by atoms with Crippen LogP contribution in [-0.2, 0) is 23.7 Å². The largest absolute Gasteiger partial charge is 0.359 e. The Hall–Kier alpha value is 0.150. The van der Waals surface area contributed by atoms with Crippen LogP contribution in [0, 0.1) is 0 Å². The SMILES string of the molecule is [3H]C([3H])(SC)[C@H]1O[C@@H]2OC(C)(C)O[C@@H]2[C@@H]1OCOC. The summed E-state index contributed by atoms with van der Waals surface area (Å²) in [6.07, 6.45) is -0.685. The summed E-state index contributed by atoms with van der Waals surface area (Å²) in [6, 6.07) is 0.